The Bertz CT molecular complexity index is 587. The van der Waals surface area contributed by atoms with Gasteiger partial charge in [-0.1, -0.05) is 25.1 Å². The third-order valence-electron chi connectivity index (χ3n) is 2.91. The van der Waals surface area contributed by atoms with E-state index in [0.717, 1.165) is 17.7 Å². The Morgan fingerprint density at radius 2 is 2.00 bits per heavy atom. The summed E-state index contributed by atoms with van der Waals surface area (Å²) in [5.74, 6) is 1.16. The van der Waals surface area contributed by atoms with Crippen molar-refractivity contribution in [1.29, 1.82) is 0 Å². The quantitative estimate of drug-likeness (QED) is 0.817. The van der Waals surface area contributed by atoms with Gasteiger partial charge in [0.25, 0.3) is 0 Å². The number of nitrogens with two attached hydrogens (primary N) is 1. The van der Waals surface area contributed by atoms with Gasteiger partial charge in [-0.2, -0.15) is 4.98 Å². The topological polar surface area (TPSA) is 69.4 Å². The van der Waals surface area contributed by atoms with Crippen LogP contribution in [0.25, 0.3) is 0 Å². The lowest BCUT2D eigenvalue weighted by atomic mass is 10.2. The Balaban J connectivity index is 2.19. The van der Waals surface area contributed by atoms with Crippen LogP contribution in [-0.4, -0.2) is 18.7 Å². The highest BCUT2D eigenvalue weighted by molar-refractivity contribution is 5.63. The van der Waals surface area contributed by atoms with Crippen molar-refractivity contribution in [2.75, 3.05) is 24.8 Å². The van der Waals surface area contributed by atoms with Gasteiger partial charge in [0, 0.05) is 18.4 Å². The highest BCUT2D eigenvalue weighted by Gasteiger charge is 2.06. The molecule has 112 valence electrons. The zero-order valence-electron chi connectivity index (χ0n) is 12.4. The molecule has 0 aliphatic rings. The minimum atomic E-state index is 0.464. The average molecular weight is 287 g/mol. The number of anilines is 3. The van der Waals surface area contributed by atoms with E-state index in [9.17, 15) is 0 Å². The molecule has 0 saturated heterocycles. The molecule has 3 N–H and O–H groups in total. The Morgan fingerprint density at radius 1 is 1.19 bits per heavy atom. The number of nitrogens with zero attached hydrogens (tertiary/aromatic N) is 1. The molecular formula is C16H21N3O2. The Hall–Kier alpha value is -2.27. The number of rotatable bonds is 7. The summed E-state index contributed by atoms with van der Waals surface area (Å²) in [5, 5.41) is 3.27. The second-order valence-electron chi connectivity index (χ2n) is 4.65. The van der Waals surface area contributed by atoms with Crippen LogP contribution >= 0.6 is 0 Å². The van der Waals surface area contributed by atoms with Gasteiger partial charge in [0.15, 0.2) is 0 Å². The maximum absolute atomic E-state index is 5.87. The van der Waals surface area contributed by atoms with Crippen molar-refractivity contribution < 1.29 is 9.47 Å². The molecule has 0 bridgehead atoms. The largest absolute Gasteiger partial charge is 0.476 e. The maximum Gasteiger partial charge on any atom is 0.239 e. The van der Waals surface area contributed by atoms with Gasteiger partial charge < -0.3 is 20.5 Å². The summed E-state index contributed by atoms with van der Waals surface area (Å²) in [6.45, 7) is 3.18. The molecule has 2 aromatic rings. The van der Waals surface area contributed by atoms with Gasteiger partial charge in [0.2, 0.25) is 5.88 Å². The van der Waals surface area contributed by atoms with Gasteiger partial charge in [0.1, 0.15) is 5.82 Å². The minimum Gasteiger partial charge on any atom is -0.476 e. The zero-order chi connectivity index (χ0) is 15.1. The van der Waals surface area contributed by atoms with Crippen molar-refractivity contribution in [3.05, 3.63) is 42.0 Å². The van der Waals surface area contributed by atoms with Gasteiger partial charge >= 0.3 is 0 Å². The summed E-state index contributed by atoms with van der Waals surface area (Å²) in [6.07, 6.45) is 0.912. The molecule has 2 rings (SSSR count). The molecule has 0 spiro atoms. The monoisotopic (exact) mass is 287 g/mol. The standard InChI is InChI=1S/C16H21N3O2/c1-3-10-21-16-13(17)8-9-15(19-16)18-14-7-5-4-6-12(14)11-20-2/h4-9H,3,10-11,17H2,1-2H3,(H,18,19). The molecule has 0 aliphatic carbocycles. The van der Waals surface area contributed by atoms with Crippen LogP contribution in [0.1, 0.15) is 18.9 Å². The van der Waals surface area contributed by atoms with Crippen LogP contribution in [0.4, 0.5) is 17.2 Å². The number of ether oxygens (including phenoxy) is 2. The highest BCUT2D eigenvalue weighted by atomic mass is 16.5. The van der Waals surface area contributed by atoms with Gasteiger partial charge in [0.05, 0.1) is 18.9 Å². The second-order valence-corrected chi connectivity index (χ2v) is 4.65. The van der Waals surface area contributed by atoms with E-state index >= 15 is 0 Å². The van der Waals surface area contributed by atoms with E-state index in [2.05, 4.69) is 10.3 Å². The number of hydrogen-bond donors (Lipinski definition) is 2. The molecule has 0 fully saturated rings. The highest BCUT2D eigenvalue weighted by Crippen LogP contribution is 2.25. The molecule has 0 aliphatic heterocycles. The number of benzene rings is 1. The van der Waals surface area contributed by atoms with Crippen LogP contribution < -0.4 is 15.8 Å². The molecule has 5 heteroatoms. The number of aromatic nitrogens is 1. The lowest BCUT2D eigenvalue weighted by molar-refractivity contribution is 0.185. The number of pyridine rings is 1. The first-order valence-corrected chi connectivity index (χ1v) is 6.97. The molecule has 0 saturated carbocycles. The molecule has 0 atom stereocenters. The van der Waals surface area contributed by atoms with Crippen molar-refractivity contribution in [1.82, 2.24) is 4.98 Å². The van der Waals surface area contributed by atoms with Crippen molar-refractivity contribution in [3.8, 4) is 5.88 Å². The van der Waals surface area contributed by atoms with Crippen LogP contribution in [0.5, 0.6) is 5.88 Å². The lowest BCUT2D eigenvalue weighted by Crippen LogP contribution is -2.04. The van der Waals surface area contributed by atoms with E-state index < -0.39 is 0 Å². The van der Waals surface area contributed by atoms with Gasteiger partial charge in [-0.3, -0.25) is 0 Å². The molecular weight excluding hydrogens is 266 g/mol. The Labute approximate surface area is 125 Å². The molecule has 21 heavy (non-hydrogen) atoms. The smallest absolute Gasteiger partial charge is 0.239 e. The van der Waals surface area contributed by atoms with E-state index in [1.54, 1.807) is 13.2 Å². The van der Waals surface area contributed by atoms with E-state index in [0.29, 0.717) is 30.6 Å². The fraction of sp³-hybridized carbons (Fsp3) is 0.312. The predicted molar refractivity (Wildman–Crippen MR) is 84.9 cm³/mol. The molecule has 0 amide bonds. The van der Waals surface area contributed by atoms with Crippen molar-refractivity contribution >= 4 is 17.2 Å². The molecule has 0 radical (unpaired) electrons. The van der Waals surface area contributed by atoms with Crippen LogP contribution in [-0.2, 0) is 11.3 Å². The summed E-state index contributed by atoms with van der Waals surface area (Å²) >= 11 is 0. The summed E-state index contributed by atoms with van der Waals surface area (Å²) in [4.78, 5) is 4.41. The van der Waals surface area contributed by atoms with E-state index in [-0.39, 0.29) is 0 Å². The third-order valence-corrected chi connectivity index (χ3v) is 2.91. The zero-order valence-corrected chi connectivity index (χ0v) is 12.4. The van der Waals surface area contributed by atoms with Crippen LogP contribution in [0.2, 0.25) is 0 Å². The normalized spacial score (nSPS) is 10.4. The number of hydrogen-bond acceptors (Lipinski definition) is 5. The molecule has 0 unspecified atom stereocenters. The molecule has 1 aromatic carbocycles. The van der Waals surface area contributed by atoms with E-state index in [1.807, 2.05) is 37.3 Å². The van der Waals surface area contributed by atoms with Gasteiger partial charge in [-0.25, -0.2) is 0 Å². The third kappa shape index (κ3) is 4.10. The molecule has 5 nitrogen and oxygen atoms in total. The Morgan fingerprint density at radius 3 is 2.76 bits per heavy atom. The van der Waals surface area contributed by atoms with Gasteiger partial charge in [-0.05, 0) is 24.6 Å². The van der Waals surface area contributed by atoms with Crippen LogP contribution in [0.15, 0.2) is 36.4 Å². The summed E-state index contributed by atoms with van der Waals surface area (Å²) in [5.41, 5.74) is 8.43. The lowest BCUT2D eigenvalue weighted by Gasteiger charge is -2.13. The van der Waals surface area contributed by atoms with E-state index in [1.165, 1.54) is 0 Å². The summed E-state index contributed by atoms with van der Waals surface area (Å²) in [7, 11) is 1.68. The number of para-hydroxylation sites is 1. The second kappa shape index (κ2) is 7.50. The molecule has 1 heterocycles. The first kappa shape index (κ1) is 15.1. The number of nitrogen functional groups attached to an aromatic ring is 1. The van der Waals surface area contributed by atoms with Crippen LogP contribution in [0, 0.1) is 0 Å². The molecule has 1 aromatic heterocycles. The average Bonchev–Trinajstić information content (AvgIpc) is 2.50. The van der Waals surface area contributed by atoms with Crippen molar-refractivity contribution in [2.24, 2.45) is 0 Å². The van der Waals surface area contributed by atoms with Crippen molar-refractivity contribution in [2.45, 2.75) is 20.0 Å². The SMILES string of the molecule is CCCOc1nc(Nc2ccccc2COC)ccc1N. The number of methoxy groups -OCH3 is 1. The van der Waals surface area contributed by atoms with Crippen LogP contribution in [0.3, 0.4) is 0 Å². The maximum atomic E-state index is 5.87. The van der Waals surface area contributed by atoms with E-state index in [4.69, 9.17) is 15.2 Å². The summed E-state index contributed by atoms with van der Waals surface area (Å²) in [6, 6.07) is 11.6. The number of nitrogens with one attached hydrogen (secondary N) is 1. The Kier molecular flexibility index (Phi) is 5.40. The summed E-state index contributed by atoms with van der Waals surface area (Å²) < 4.78 is 10.7. The fourth-order valence-corrected chi connectivity index (χ4v) is 1.90. The predicted octanol–water partition coefficient (Wildman–Crippen LogP) is 3.34. The minimum absolute atomic E-state index is 0.464. The first-order valence-electron chi connectivity index (χ1n) is 6.97. The fourth-order valence-electron chi connectivity index (χ4n) is 1.90. The first-order chi connectivity index (χ1) is 10.2. The van der Waals surface area contributed by atoms with Gasteiger partial charge in [-0.15, -0.1) is 0 Å². The van der Waals surface area contributed by atoms with Crippen molar-refractivity contribution in [3.63, 3.8) is 0 Å².